The van der Waals surface area contributed by atoms with Crippen LogP contribution in [0, 0.1) is 13.8 Å². The van der Waals surface area contributed by atoms with Gasteiger partial charge < -0.3 is 5.73 Å². The number of nitrogens with zero attached hydrogens (tertiary/aromatic N) is 4. The van der Waals surface area contributed by atoms with Crippen molar-refractivity contribution in [3.63, 3.8) is 0 Å². The third-order valence-corrected chi connectivity index (χ3v) is 6.94. The number of carbonyl (C=O) groups is 1. The molecule has 1 aliphatic heterocycles. The Bertz CT molecular complexity index is 906. The average Bonchev–Trinajstić information content (AvgIpc) is 3.13. The second kappa shape index (κ2) is 6.26. The van der Waals surface area contributed by atoms with Gasteiger partial charge in [-0.1, -0.05) is 0 Å². The number of carbonyl (C=O) groups excluding carboxylic acids is 1. The Balaban J connectivity index is 1.76. The first-order valence-corrected chi connectivity index (χ1v) is 9.51. The van der Waals surface area contributed by atoms with Gasteiger partial charge in [0.05, 0.1) is 11.4 Å². The molecule has 0 saturated carbocycles. The van der Waals surface area contributed by atoms with Crippen molar-refractivity contribution < 1.29 is 13.2 Å². The van der Waals surface area contributed by atoms with E-state index in [2.05, 4.69) is 15.3 Å². The molecule has 25 heavy (non-hydrogen) atoms. The number of nitrogens with two attached hydrogens (primary N) is 1. The Morgan fingerprint density at radius 3 is 2.44 bits per heavy atom. The predicted octanol–water partition coefficient (Wildman–Crippen LogP) is 0.427. The number of piperidine rings is 1. The summed E-state index contributed by atoms with van der Waals surface area (Å²) in [7, 11) is -1.83. The van der Waals surface area contributed by atoms with Crippen LogP contribution in [0.25, 0.3) is 0 Å². The fraction of sp³-hybridized carbons (Fsp3) is 0.533. The lowest BCUT2D eigenvalue weighted by molar-refractivity contribution is 0.0995. The van der Waals surface area contributed by atoms with E-state index in [9.17, 15) is 13.2 Å². The van der Waals surface area contributed by atoms with Gasteiger partial charge in [-0.3, -0.25) is 14.6 Å². The smallest absolute Gasteiger partial charge is 0.269 e. The number of hydrogen-bond acceptors (Lipinski definition) is 5. The lowest BCUT2D eigenvalue weighted by Gasteiger charge is -2.30. The summed E-state index contributed by atoms with van der Waals surface area (Å²) in [4.78, 5) is 11.4. The molecule has 136 valence electrons. The minimum atomic E-state index is -3.57. The fourth-order valence-electron chi connectivity index (χ4n) is 3.34. The third-order valence-electron chi connectivity index (χ3n) is 4.78. The lowest BCUT2D eigenvalue weighted by Crippen LogP contribution is -2.38. The van der Waals surface area contributed by atoms with Crippen LogP contribution in [0.5, 0.6) is 0 Å². The van der Waals surface area contributed by atoms with E-state index >= 15 is 0 Å². The summed E-state index contributed by atoms with van der Waals surface area (Å²) in [5, 5.41) is 10.9. The van der Waals surface area contributed by atoms with Crippen LogP contribution in [0.3, 0.4) is 0 Å². The molecule has 0 unspecified atom stereocenters. The highest BCUT2D eigenvalue weighted by molar-refractivity contribution is 7.89. The highest BCUT2D eigenvalue weighted by Gasteiger charge is 2.34. The Morgan fingerprint density at radius 2 is 1.96 bits per heavy atom. The van der Waals surface area contributed by atoms with Crippen molar-refractivity contribution in [2.45, 2.75) is 37.5 Å². The van der Waals surface area contributed by atoms with Crippen LogP contribution in [0.1, 0.15) is 46.3 Å². The molecule has 0 aliphatic carbocycles. The molecule has 0 atom stereocenters. The molecule has 10 heteroatoms. The Labute approximate surface area is 146 Å². The van der Waals surface area contributed by atoms with Crippen molar-refractivity contribution in [3.8, 4) is 0 Å². The summed E-state index contributed by atoms with van der Waals surface area (Å²) >= 11 is 0. The van der Waals surface area contributed by atoms with Gasteiger partial charge in [-0.15, -0.1) is 0 Å². The maximum Gasteiger partial charge on any atom is 0.269 e. The van der Waals surface area contributed by atoms with Crippen molar-refractivity contribution in [2.75, 3.05) is 13.1 Å². The van der Waals surface area contributed by atoms with E-state index in [-0.39, 0.29) is 11.6 Å². The molecule has 0 radical (unpaired) electrons. The van der Waals surface area contributed by atoms with Gasteiger partial charge in [-0.05, 0) is 32.8 Å². The molecule has 3 rings (SSSR count). The largest absolute Gasteiger partial charge is 0.364 e. The van der Waals surface area contributed by atoms with Crippen molar-refractivity contribution >= 4 is 15.9 Å². The first-order chi connectivity index (χ1) is 11.7. The predicted molar refractivity (Wildman–Crippen MR) is 90.5 cm³/mol. The van der Waals surface area contributed by atoms with Crippen LogP contribution in [0.15, 0.2) is 11.0 Å². The van der Waals surface area contributed by atoms with E-state index in [0.29, 0.717) is 42.2 Å². The molecule has 2 aromatic heterocycles. The lowest BCUT2D eigenvalue weighted by atomic mass is 9.94. The van der Waals surface area contributed by atoms with Crippen molar-refractivity contribution in [3.05, 3.63) is 28.8 Å². The molecule has 1 saturated heterocycles. The van der Waals surface area contributed by atoms with E-state index < -0.39 is 15.9 Å². The summed E-state index contributed by atoms with van der Waals surface area (Å²) in [6.07, 6.45) is 1.30. The molecule has 1 fully saturated rings. The van der Waals surface area contributed by atoms with E-state index in [0.717, 1.165) is 5.69 Å². The molecule has 3 N–H and O–H groups in total. The van der Waals surface area contributed by atoms with E-state index in [1.807, 2.05) is 0 Å². The first kappa shape index (κ1) is 17.6. The quantitative estimate of drug-likeness (QED) is 0.811. The maximum absolute atomic E-state index is 13.0. The van der Waals surface area contributed by atoms with Gasteiger partial charge >= 0.3 is 0 Å². The average molecular weight is 366 g/mol. The summed E-state index contributed by atoms with van der Waals surface area (Å²) in [6, 6.07) is 1.65. The number of hydrogen-bond donors (Lipinski definition) is 2. The van der Waals surface area contributed by atoms with Crippen LogP contribution < -0.4 is 5.73 Å². The van der Waals surface area contributed by atoms with Crippen molar-refractivity contribution in [1.29, 1.82) is 0 Å². The minimum absolute atomic E-state index is 0.128. The van der Waals surface area contributed by atoms with Crippen LogP contribution in [-0.4, -0.2) is 51.7 Å². The highest BCUT2D eigenvalue weighted by atomic mass is 32.2. The number of aromatic nitrogens is 4. The second-order valence-corrected chi connectivity index (χ2v) is 8.25. The summed E-state index contributed by atoms with van der Waals surface area (Å²) in [5.74, 6) is -0.451. The SMILES string of the molecule is Cc1nn(C)c(C)c1S(=O)(=O)N1CCC(c2cc(C(N)=O)n[nH]2)CC1. The molecule has 1 amide bonds. The standard InChI is InChI=1S/C15H22N6O3S/c1-9-14(10(2)20(3)19-9)25(23,24)21-6-4-11(5-7-21)12-8-13(15(16)22)18-17-12/h8,11H,4-7H2,1-3H3,(H2,16,22)(H,17,18). The summed E-state index contributed by atoms with van der Waals surface area (Å²) < 4.78 is 29.0. The number of aryl methyl sites for hydroxylation is 2. The fourth-order valence-corrected chi connectivity index (χ4v) is 5.21. The highest BCUT2D eigenvalue weighted by Crippen LogP contribution is 2.31. The zero-order valence-electron chi connectivity index (χ0n) is 14.5. The van der Waals surface area contributed by atoms with E-state index in [1.165, 1.54) is 4.31 Å². The zero-order chi connectivity index (χ0) is 18.4. The number of amides is 1. The molecular weight excluding hydrogens is 344 g/mol. The zero-order valence-corrected chi connectivity index (χ0v) is 15.3. The first-order valence-electron chi connectivity index (χ1n) is 8.07. The monoisotopic (exact) mass is 366 g/mol. The number of aromatic amines is 1. The summed E-state index contributed by atoms with van der Waals surface area (Å²) in [5.41, 5.74) is 7.39. The Morgan fingerprint density at radius 1 is 1.32 bits per heavy atom. The number of rotatable bonds is 4. The maximum atomic E-state index is 13.0. The number of sulfonamides is 1. The van der Waals surface area contributed by atoms with Crippen LogP contribution in [0.2, 0.25) is 0 Å². The topological polar surface area (TPSA) is 127 Å². The van der Waals surface area contributed by atoms with E-state index in [1.54, 1.807) is 31.6 Å². The van der Waals surface area contributed by atoms with Crippen LogP contribution in [-0.2, 0) is 17.1 Å². The molecule has 2 aromatic rings. The normalized spacial score (nSPS) is 17.1. The van der Waals surface area contributed by atoms with Gasteiger partial charge in [0, 0.05) is 31.7 Å². The Kier molecular flexibility index (Phi) is 4.41. The van der Waals surface area contributed by atoms with Gasteiger partial charge in [0.1, 0.15) is 10.6 Å². The summed E-state index contributed by atoms with van der Waals surface area (Å²) in [6.45, 7) is 4.29. The van der Waals surface area contributed by atoms with Gasteiger partial charge in [-0.2, -0.15) is 14.5 Å². The van der Waals surface area contributed by atoms with Crippen molar-refractivity contribution in [2.24, 2.45) is 12.8 Å². The molecule has 0 bridgehead atoms. The van der Waals surface area contributed by atoms with Gasteiger partial charge in [-0.25, -0.2) is 8.42 Å². The minimum Gasteiger partial charge on any atom is -0.364 e. The molecule has 0 spiro atoms. The second-order valence-electron chi connectivity index (χ2n) is 6.37. The molecule has 3 heterocycles. The molecular formula is C15H22N6O3S. The molecule has 9 nitrogen and oxygen atoms in total. The number of primary amides is 1. The van der Waals surface area contributed by atoms with Gasteiger partial charge in [0.2, 0.25) is 10.0 Å². The van der Waals surface area contributed by atoms with Gasteiger partial charge in [0.25, 0.3) is 5.91 Å². The van der Waals surface area contributed by atoms with Gasteiger partial charge in [0.15, 0.2) is 0 Å². The Hall–Kier alpha value is -2.20. The van der Waals surface area contributed by atoms with Crippen LogP contribution in [0.4, 0.5) is 0 Å². The number of nitrogens with one attached hydrogen (secondary N) is 1. The number of H-pyrrole nitrogens is 1. The van der Waals surface area contributed by atoms with Crippen LogP contribution >= 0.6 is 0 Å². The third kappa shape index (κ3) is 3.07. The van der Waals surface area contributed by atoms with Crippen molar-refractivity contribution in [1.82, 2.24) is 24.3 Å². The molecule has 1 aliphatic rings. The molecule has 0 aromatic carbocycles. The van der Waals surface area contributed by atoms with E-state index in [4.69, 9.17) is 5.73 Å².